The van der Waals surface area contributed by atoms with Gasteiger partial charge in [0.15, 0.2) is 5.78 Å². The number of ketones is 1. The lowest BCUT2D eigenvalue weighted by atomic mass is 9.98. The minimum Gasteiger partial charge on any atom is -0.290 e. The largest absolute Gasteiger partial charge is 0.328 e. The SMILES string of the molecule is CCS(=O)(=O)ON=C1C(C)=CC(=O)C=C1C. The van der Waals surface area contributed by atoms with Crippen molar-refractivity contribution in [2.45, 2.75) is 20.8 Å². The lowest BCUT2D eigenvalue weighted by Crippen LogP contribution is -2.13. The van der Waals surface area contributed by atoms with Gasteiger partial charge in [0.25, 0.3) is 0 Å². The standard InChI is InChI=1S/C10H13NO4S/c1-4-16(13,14)15-11-10-7(2)5-9(12)6-8(10)3/h5-6H,4H2,1-3H3. The lowest BCUT2D eigenvalue weighted by molar-refractivity contribution is -0.110. The predicted octanol–water partition coefficient (Wildman–Crippen LogP) is 1.18. The Morgan fingerprint density at radius 2 is 1.75 bits per heavy atom. The number of allylic oxidation sites excluding steroid dienone is 4. The predicted molar refractivity (Wildman–Crippen MR) is 60.5 cm³/mol. The van der Waals surface area contributed by atoms with Gasteiger partial charge in [-0.15, -0.1) is 0 Å². The third kappa shape index (κ3) is 3.03. The molecule has 0 saturated carbocycles. The van der Waals surface area contributed by atoms with Gasteiger partial charge < -0.3 is 0 Å². The second kappa shape index (κ2) is 4.61. The van der Waals surface area contributed by atoms with Crippen molar-refractivity contribution in [3.05, 3.63) is 23.3 Å². The van der Waals surface area contributed by atoms with Crippen LogP contribution in [0.15, 0.2) is 28.5 Å². The number of hydrogen-bond donors (Lipinski definition) is 0. The van der Waals surface area contributed by atoms with Crippen LogP contribution in [0.4, 0.5) is 0 Å². The Morgan fingerprint density at radius 1 is 1.25 bits per heavy atom. The first-order valence-corrected chi connectivity index (χ1v) is 6.34. The van der Waals surface area contributed by atoms with E-state index in [9.17, 15) is 13.2 Å². The first-order valence-electron chi connectivity index (χ1n) is 4.76. The van der Waals surface area contributed by atoms with E-state index in [0.717, 1.165) is 0 Å². The molecule has 1 aliphatic rings. The van der Waals surface area contributed by atoms with Crippen molar-refractivity contribution in [3.63, 3.8) is 0 Å². The Labute approximate surface area is 94.6 Å². The first-order chi connectivity index (χ1) is 7.35. The normalized spacial score (nSPS) is 16.7. The number of rotatable bonds is 3. The molecule has 0 aliphatic heterocycles. The van der Waals surface area contributed by atoms with E-state index in [-0.39, 0.29) is 11.5 Å². The van der Waals surface area contributed by atoms with Crippen LogP contribution in [0.2, 0.25) is 0 Å². The van der Waals surface area contributed by atoms with Crippen molar-refractivity contribution in [1.82, 2.24) is 0 Å². The fraction of sp³-hybridized carbons (Fsp3) is 0.400. The summed E-state index contributed by atoms with van der Waals surface area (Å²) in [6.07, 6.45) is 2.77. The smallest absolute Gasteiger partial charge is 0.290 e. The molecule has 0 unspecified atom stereocenters. The maximum Gasteiger partial charge on any atom is 0.328 e. The van der Waals surface area contributed by atoms with E-state index >= 15 is 0 Å². The summed E-state index contributed by atoms with van der Waals surface area (Å²) in [4.78, 5) is 11.1. The molecule has 1 rings (SSSR count). The molecule has 0 aromatic rings. The Morgan fingerprint density at radius 3 is 2.19 bits per heavy atom. The van der Waals surface area contributed by atoms with Crippen molar-refractivity contribution >= 4 is 21.6 Å². The molecule has 16 heavy (non-hydrogen) atoms. The van der Waals surface area contributed by atoms with Gasteiger partial charge in [0, 0.05) is 0 Å². The number of carbonyl (C=O) groups excluding carboxylic acids is 1. The molecule has 0 spiro atoms. The molecule has 0 aromatic heterocycles. The van der Waals surface area contributed by atoms with Gasteiger partial charge in [-0.05, 0) is 44.1 Å². The highest BCUT2D eigenvalue weighted by Crippen LogP contribution is 2.14. The van der Waals surface area contributed by atoms with Gasteiger partial charge in [0.2, 0.25) is 0 Å². The molecule has 0 aromatic carbocycles. The van der Waals surface area contributed by atoms with Crippen LogP contribution in [-0.4, -0.2) is 25.7 Å². The van der Waals surface area contributed by atoms with Crippen LogP contribution in [0.25, 0.3) is 0 Å². The molecule has 0 radical (unpaired) electrons. The average molecular weight is 243 g/mol. The highest BCUT2D eigenvalue weighted by molar-refractivity contribution is 7.86. The van der Waals surface area contributed by atoms with Gasteiger partial charge in [0.05, 0.1) is 5.75 Å². The molecule has 0 fully saturated rings. The highest BCUT2D eigenvalue weighted by atomic mass is 32.2. The lowest BCUT2D eigenvalue weighted by Gasteiger charge is -2.10. The monoisotopic (exact) mass is 243 g/mol. The van der Waals surface area contributed by atoms with Gasteiger partial charge in [-0.2, -0.15) is 8.42 Å². The fourth-order valence-corrected chi connectivity index (χ4v) is 1.50. The summed E-state index contributed by atoms with van der Waals surface area (Å²) in [5.41, 5.74) is 1.57. The summed E-state index contributed by atoms with van der Waals surface area (Å²) >= 11 is 0. The Hall–Kier alpha value is -1.43. The van der Waals surface area contributed by atoms with Gasteiger partial charge >= 0.3 is 10.1 Å². The van der Waals surface area contributed by atoms with E-state index in [1.807, 2.05) is 0 Å². The van der Waals surface area contributed by atoms with Gasteiger partial charge in [-0.1, -0.05) is 5.16 Å². The van der Waals surface area contributed by atoms with Gasteiger partial charge in [0.1, 0.15) is 5.71 Å². The molecule has 0 atom stereocenters. The molecule has 0 saturated heterocycles. The number of nitrogens with zero attached hydrogens (tertiary/aromatic N) is 1. The zero-order chi connectivity index (χ0) is 12.3. The molecular weight excluding hydrogens is 230 g/mol. The summed E-state index contributed by atoms with van der Waals surface area (Å²) in [7, 11) is -3.61. The van der Waals surface area contributed by atoms with Crippen LogP contribution in [0.1, 0.15) is 20.8 Å². The molecule has 6 heteroatoms. The summed E-state index contributed by atoms with van der Waals surface area (Å²) in [6, 6.07) is 0. The molecule has 5 nitrogen and oxygen atoms in total. The van der Waals surface area contributed by atoms with Crippen molar-refractivity contribution in [1.29, 1.82) is 0 Å². The second-order valence-corrected chi connectivity index (χ2v) is 5.26. The Balaban J connectivity index is 2.97. The maximum atomic E-state index is 11.1. The summed E-state index contributed by atoms with van der Waals surface area (Å²) in [6.45, 7) is 4.82. The van der Waals surface area contributed by atoms with Crippen LogP contribution in [-0.2, 0) is 19.2 Å². The van der Waals surface area contributed by atoms with Crippen molar-refractivity contribution < 1.29 is 17.5 Å². The Bertz CT molecular complexity index is 473. The molecule has 1 aliphatic carbocycles. The molecular formula is C10H13NO4S. The van der Waals surface area contributed by atoms with Crippen LogP contribution < -0.4 is 0 Å². The van der Waals surface area contributed by atoms with Crippen LogP contribution in [0, 0.1) is 0 Å². The average Bonchev–Trinajstić information content (AvgIpc) is 2.16. The quantitative estimate of drug-likeness (QED) is 0.551. The zero-order valence-electron chi connectivity index (χ0n) is 9.35. The Kier molecular flexibility index (Phi) is 3.64. The molecule has 0 bridgehead atoms. The summed E-state index contributed by atoms with van der Waals surface area (Å²) in [5.74, 6) is -0.277. The molecule has 88 valence electrons. The maximum absolute atomic E-state index is 11.1. The number of oxime groups is 1. The molecule has 0 N–H and O–H groups in total. The van der Waals surface area contributed by atoms with E-state index in [4.69, 9.17) is 0 Å². The summed E-state index contributed by atoms with van der Waals surface area (Å²) < 4.78 is 26.6. The van der Waals surface area contributed by atoms with E-state index < -0.39 is 10.1 Å². The van der Waals surface area contributed by atoms with Crippen LogP contribution in [0.5, 0.6) is 0 Å². The third-order valence-corrected chi connectivity index (χ3v) is 3.07. The van der Waals surface area contributed by atoms with E-state index in [0.29, 0.717) is 16.9 Å². The number of carbonyl (C=O) groups is 1. The van der Waals surface area contributed by atoms with Crippen LogP contribution in [0.3, 0.4) is 0 Å². The van der Waals surface area contributed by atoms with Gasteiger partial charge in [-0.3, -0.25) is 9.08 Å². The first kappa shape index (κ1) is 12.6. The fourth-order valence-electron chi connectivity index (χ4n) is 1.21. The minimum atomic E-state index is -3.61. The molecule has 0 amide bonds. The van der Waals surface area contributed by atoms with Crippen molar-refractivity contribution in [2.75, 3.05) is 5.75 Å². The van der Waals surface area contributed by atoms with Crippen molar-refractivity contribution in [3.8, 4) is 0 Å². The third-order valence-electron chi connectivity index (χ3n) is 2.06. The zero-order valence-corrected chi connectivity index (χ0v) is 10.2. The van der Waals surface area contributed by atoms with E-state index in [1.165, 1.54) is 19.1 Å². The van der Waals surface area contributed by atoms with Crippen LogP contribution >= 0.6 is 0 Å². The summed E-state index contributed by atoms with van der Waals surface area (Å²) in [5, 5.41) is 3.56. The minimum absolute atomic E-state index is 0.132. The number of hydrogen-bond acceptors (Lipinski definition) is 5. The molecule has 0 heterocycles. The second-order valence-electron chi connectivity index (χ2n) is 3.42. The highest BCUT2D eigenvalue weighted by Gasteiger charge is 2.15. The van der Waals surface area contributed by atoms with E-state index in [1.54, 1.807) is 13.8 Å². The topological polar surface area (TPSA) is 72.8 Å². The van der Waals surface area contributed by atoms with E-state index in [2.05, 4.69) is 9.44 Å². The van der Waals surface area contributed by atoms with Gasteiger partial charge in [-0.25, -0.2) is 0 Å². The van der Waals surface area contributed by atoms with Crippen molar-refractivity contribution in [2.24, 2.45) is 5.16 Å².